The van der Waals surface area contributed by atoms with Crippen LogP contribution in [0.15, 0.2) is 52.3 Å². The number of sulfonamides is 1. The molecule has 11 heteroatoms. The maximum absolute atomic E-state index is 14.0. The number of carbonyl (C=O) groups excluding carboxylic acids is 2. The normalized spacial score (nSPS) is 15.4. The van der Waals surface area contributed by atoms with Crippen LogP contribution >= 0.6 is 11.8 Å². The Morgan fingerprint density at radius 3 is 2.41 bits per heavy atom. The lowest BCUT2D eigenvalue weighted by Crippen LogP contribution is -2.41. The van der Waals surface area contributed by atoms with Crippen LogP contribution in [0.25, 0.3) is 0 Å². The molecule has 0 radical (unpaired) electrons. The van der Waals surface area contributed by atoms with Crippen molar-refractivity contribution >= 4 is 38.6 Å². The summed E-state index contributed by atoms with van der Waals surface area (Å²) < 4.78 is 53.9. The summed E-state index contributed by atoms with van der Waals surface area (Å²) in [5, 5.41) is 2.63. The third-order valence-corrected chi connectivity index (χ3v) is 8.07. The smallest absolute Gasteiger partial charge is 0.286 e. The van der Waals surface area contributed by atoms with Gasteiger partial charge in [0, 0.05) is 38.0 Å². The molecule has 7 nitrogen and oxygen atoms in total. The van der Waals surface area contributed by atoms with Crippen LogP contribution in [0.2, 0.25) is 0 Å². The van der Waals surface area contributed by atoms with Crippen molar-refractivity contribution in [1.82, 2.24) is 9.21 Å². The number of hydrogen-bond acceptors (Lipinski definition) is 5. The van der Waals surface area contributed by atoms with Crippen molar-refractivity contribution in [1.29, 1.82) is 0 Å². The first-order valence-electron chi connectivity index (χ1n) is 9.84. The average Bonchev–Trinajstić information content (AvgIpc) is 2.76. The zero-order valence-electron chi connectivity index (χ0n) is 17.5. The average molecular weight is 484 g/mol. The first kappa shape index (κ1) is 24.1. The van der Waals surface area contributed by atoms with Gasteiger partial charge in [0.05, 0.1) is 5.69 Å². The van der Waals surface area contributed by atoms with Gasteiger partial charge < -0.3 is 10.2 Å². The van der Waals surface area contributed by atoms with Gasteiger partial charge in [-0.15, -0.1) is 0 Å². The first-order valence-corrected chi connectivity index (χ1v) is 12.1. The summed E-state index contributed by atoms with van der Waals surface area (Å²) in [5.74, 6) is -2.61. The summed E-state index contributed by atoms with van der Waals surface area (Å²) in [7, 11) is -0.944. The van der Waals surface area contributed by atoms with Crippen LogP contribution in [0, 0.1) is 17.6 Å². The molecule has 3 rings (SSSR count). The predicted molar refractivity (Wildman–Crippen MR) is 118 cm³/mol. The number of benzene rings is 2. The molecule has 0 saturated carbocycles. The number of anilines is 1. The topological polar surface area (TPSA) is 86.8 Å². The molecule has 2 amide bonds. The molecule has 1 fully saturated rings. The quantitative estimate of drug-likeness (QED) is 0.654. The van der Waals surface area contributed by atoms with Crippen molar-refractivity contribution in [3.8, 4) is 0 Å². The van der Waals surface area contributed by atoms with Gasteiger partial charge in [-0.3, -0.25) is 9.59 Å². The van der Waals surface area contributed by atoms with E-state index in [-0.39, 0.29) is 37.1 Å². The second-order valence-electron chi connectivity index (χ2n) is 7.50. The van der Waals surface area contributed by atoms with Gasteiger partial charge in [0.25, 0.3) is 5.24 Å². The minimum Gasteiger partial charge on any atom is -0.339 e. The zero-order valence-corrected chi connectivity index (χ0v) is 19.2. The maximum Gasteiger partial charge on any atom is 0.286 e. The van der Waals surface area contributed by atoms with E-state index >= 15 is 0 Å². The number of piperidine rings is 1. The maximum atomic E-state index is 14.0. The van der Waals surface area contributed by atoms with Crippen LogP contribution in [0.3, 0.4) is 0 Å². The van der Waals surface area contributed by atoms with Crippen LogP contribution in [0.4, 0.5) is 19.3 Å². The van der Waals surface area contributed by atoms with Gasteiger partial charge in [0.2, 0.25) is 15.9 Å². The van der Waals surface area contributed by atoms with E-state index in [0.29, 0.717) is 16.6 Å². The van der Waals surface area contributed by atoms with E-state index in [0.717, 1.165) is 28.2 Å². The molecule has 0 aliphatic carbocycles. The molecule has 1 heterocycles. The summed E-state index contributed by atoms with van der Waals surface area (Å²) in [5.41, 5.74) is 0.495. The van der Waals surface area contributed by atoms with E-state index in [2.05, 4.69) is 5.32 Å². The number of nitrogens with one attached hydrogen (secondary N) is 1. The Labute approximate surface area is 189 Å². The Bertz CT molecular complexity index is 1120. The number of nitrogens with zero attached hydrogens (tertiary/aromatic N) is 2. The Hall–Kier alpha value is -2.50. The van der Waals surface area contributed by atoms with E-state index in [1.807, 2.05) is 0 Å². The number of hydrogen-bond donors (Lipinski definition) is 1. The molecular weight excluding hydrogens is 460 g/mol. The molecule has 32 heavy (non-hydrogen) atoms. The van der Waals surface area contributed by atoms with Crippen LogP contribution in [0.1, 0.15) is 12.8 Å². The number of para-hydroxylation sites is 1. The fraction of sp³-hybridized carbons (Fsp3) is 0.333. The summed E-state index contributed by atoms with van der Waals surface area (Å²) in [6, 6.07) is 9.21. The summed E-state index contributed by atoms with van der Waals surface area (Å²) in [6.45, 7) is 0.0117. The molecular formula is C21H23F2N3O4S2. The van der Waals surface area contributed by atoms with E-state index in [1.54, 1.807) is 38.4 Å². The fourth-order valence-electron chi connectivity index (χ4n) is 3.25. The molecule has 2 aromatic carbocycles. The van der Waals surface area contributed by atoms with Crippen molar-refractivity contribution in [3.63, 3.8) is 0 Å². The van der Waals surface area contributed by atoms with Crippen LogP contribution in [-0.2, 0) is 14.8 Å². The van der Waals surface area contributed by atoms with Gasteiger partial charge >= 0.3 is 0 Å². The highest BCUT2D eigenvalue weighted by atomic mass is 32.2. The van der Waals surface area contributed by atoms with E-state index in [4.69, 9.17) is 0 Å². The molecule has 2 aromatic rings. The van der Waals surface area contributed by atoms with Gasteiger partial charge in [-0.05, 0) is 54.9 Å². The highest BCUT2D eigenvalue weighted by Gasteiger charge is 2.34. The van der Waals surface area contributed by atoms with Crippen molar-refractivity contribution < 1.29 is 26.8 Å². The van der Waals surface area contributed by atoms with E-state index < -0.39 is 32.5 Å². The Balaban J connectivity index is 1.66. The minimum absolute atomic E-state index is 0.00584. The highest BCUT2D eigenvalue weighted by molar-refractivity contribution is 8.13. The highest BCUT2D eigenvalue weighted by Crippen LogP contribution is 2.31. The zero-order chi connectivity index (χ0) is 23.5. The minimum atomic E-state index is -4.21. The predicted octanol–water partition coefficient (Wildman–Crippen LogP) is 3.78. The third-order valence-electron chi connectivity index (χ3n) is 5.04. The van der Waals surface area contributed by atoms with Crippen molar-refractivity contribution in [2.45, 2.75) is 22.6 Å². The number of carbonyl (C=O) groups is 2. The molecule has 0 bridgehead atoms. The molecule has 1 saturated heterocycles. The monoisotopic (exact) mass is 483 g/mol. The van der Waals surface area contributed by atoms with Gasteiger partial charge in [0.15, 0.2) is 0 Å². The standard InChI is InChI=1S/C21H23F2N3O4S2/c1-25(2)21(28)31-18-6-4-3-5-17(18)24-20(27)14-9-11-26(12-10-14)32(29,30)19-13-15(22)7-8-16(19)23/h3-8,13-14H,9-12H2,1-2H3,(H,24,27). The lowest BCUT2D eigenvalue weighted by Gasteiger charge is -2.30. The largest absolute Gasteiger partial charge is 0.339 e. The van der Waals surface area contributed by atoms with Crippen LogP contribution in [-0.4, -0.2) is 56.0 Å². The third kappa shape index (κ3) is 5.45. The molecule has 1 aliphatic rings. The lowest BCUT2D eigenvalue weighted by atomic mass is 9.97. The van der Waals surface area contributed by atoms with Crippen LogP contribution in [0.5, 0.6) is 0 Å². The van der Waals surface area contributed by atoms with E-state index in [1.165, 1.54) is 4.90 Å². The number of halogens is 2. The molecule has 172 valence electrons. The molecule has 0 aromatic heterocycles. The van der Waals surface area contributed by atoms with Crippen LogP contribution < -0.4 is 5.32 Å². The van der Waals surface area contributed by atoms with E-state index in [9.17, 15) is 26.8 Å². The van der Waals surface area contributed by atoms with Gasteiger partial charge in [-0.2, -0.15) is 4.31 Å². The lowest BCUT2D eigenvalue weighted by molar-refractivity contribution is -0.120. The van der Waals surface area contributed by atoms with Crippen molar-refractivity contribution in [2.24, 2.45) is 5.92 Å². The number of amides is 2. The van der Waals surface area contributed by atoms with Gasteiger partial charge in [-0.25, -0.2) is 17.2 Å². The summed E-state index contributed by atoms with van der Waals surface area (Å²) in [4.78, 5) is 26.1. The van der Waals surface area contributed by atoms with Gasteiger partial charge in [0.1, 0.15) is 16.5 Å². The molecule has 0 spiro atoms. The number of thioether (sulfide) groups is 1. The fourth-order valence-corrected chi connectivity index (χ4v) is 5.54. The first-order chi connectivity index (χ1) is 15.1. The van der Waals surface area contributed by atoms with Crippen molar-refractivity contribution in [2.75, 3.05) is 32.5 Å². The molecule has 1 N–H and O–H groups in total. The SMILES string of the molecule is CN(C)C(=O)Sc1ccccc1NC(=O)C1CCN(S(=O)(=O)c2cc(F)ccc2F)CC1. The second kappa shape index (κ2) is 9.97. The van der Waals surface area contributed by atoms with Crippen molar-refractivity contribution in [3.05, 3.63) is 54.1 Å². The summed E-state index contributed by atoms with van der Waals surface area (Å²) >= 11 is 0.989. The Morgan fingerprint density at radius 2 is 1.75 bits per heavy atom. The molecule has 0 atom stereocenters. The Morgan fingerprint density at radius 1 is 1.09 bits per heavy atom. The molecule has 0 unspecified atom stereocenters. The Kier molecular flexibility index (Phi) is 7.52. The van der Waals surface area contributed by atoms with Gasteiger partial charge in [-0.1, -0.05) is 12.1 Å². The molecule has 1 aliphatic heterocycles. The summed E-state index contributed by atoms with van der Waals surface area (Å²) in [6.07, 6.45) is 0.460. The number of rotatable bonds is 5. The second-order valence-corrected chi connectivity index (χ2v) is 10.4.